The van der Waals surface area contributed by atoms with Gasteiger partial charge in [0.15, 0.2) is 5.96 Å². The summed E-state index contributed by atoms with van der Waals surface area (Å²) in [5.41, 5.74) is 6.21. The quantitative estimate of drug-likeness (QED) is 0.474. The van der Waals surface area contributed by atoms with Crippen LogP contribution in [0, 0.1) is 5.41 Å². The topological polar surface area (TPSA) is 44.9 Å². The standard InChI is InChI=1S/C12H26N4.HI/c1-15(2)10-12(7-5-6-8-12)9-14-11(13)16(3)4;/h5-10H2,1-4H3,(H2,13,14);1H. The van der Waals surface area contributed by atoms with E-state index >= 15 is 0 Å². The van der Waals surface area contributed by atoms with Crippen LogP contribution in [0.4, 0.5) is 0 Å². The van der Waals surface area contributed by atoms with Crippen LogP contribution >= 0.6 is 24.0 Å². The summed E-state index contributed by atoms with van der Waals surface area (Å²) in [6, 6.07) is 0. The first-order valence-corrected chi connectivity index (χ1v) is 6.07. The molecule has 102 valence electrons. The van der Waals surface area contributed by atoms with Gasteiger partial charge >= 0.3 is 0 Å². The van der Waals surface area contributed by atoms with Gasteiger partial charge in [0.1, 0.15) is 0 Å². The van der Waals surface area contributed by atoms with Crippen LogP contribution < -0.4 is 5.73 Å². The minimum Gasteiger partial charge on any atom is -0.370 e. The Kier molecular flexibility index (Phi) is 7.39. The molecular weight excluding hydrogens is 327 g/mol. The highest BCUT2D eigenvalue weighted by molar-refractivity contribution is 14.0. The van der Waals surface area contributed by atoms with E-state index in [0.29, 0.717) is 11.4 Å². The Balaban J connectivity index is 0.00000256. The Labute approximate surface area is 123 Å². The second-order valence-corrected chi connectivity index (χ2v) is 5.51. The monoisotopic (exact) mass is 354 g/mol. The number of nitrogens with two attached hydrogens (primary N) is 1. The average Bonchev–Trinajstić information content (AvgIpc) is 2.62. The zero-order valence-electron chi connectivity index (χ0n) is 11.6. The Morgan fingerprint density at radius 3 is 2.12 bits per heavy atom. The van der Waals surface area contributed by atoms with Gasteiger partial charge in [-0.3, -0.25) is 4.99 Å². The molecular formula is C12H27IN4. The molecule has 17 heavy (non-hydrogen) atoms. The smallest absolute Gasteiger partial charge is 0.190 e. The van der Waals surface area contributed by atoms with Gasteiger partial charge in [0.05, 0.1) is 0 Å². The second kappa shape index (κ2) is 7.41. The minimum absolute atomic E-state index is 0. The van der Waals surface area contributed by atoms with Crippen LogP contribution in [-0.2, 0) is 0 Å². The van der Waals surface area contributed by atoms with Crippen LogP contribution in [0.1, 0.15) is 25.7 Å². The fourth-order valence-corrected chi connectivity index (χ4v) is 2.55. The Hall–Kier alpha value is -0.0400. The summed E-state index contributed by atoms with van der Waals surface area (Å²) in [5.74, 6) is 0.644. The van der Waals surface area contributed by atoms with Crippen molar-refractivity contribution >= 4 is 29.9 Å². The molecule has 4 nitrogen and oxygen atoms in total. The van der Waals surface area contributed by atoms with Crippen molar-refractivity contribution in [3.05, 3.63) is 0 Å². The summed E-state index contributed by atoms with van der Waals surface area (Å²) in [6.07, 6.45) is 5.25. The number of guanidine groups is 1. The highest BCUT2D eigenvalue weighted by Crippen LogP contribution is 2.38. The third kappa shape index (κ3) is 5.42. The van der Waals surface area contributed by atoms with Crippen molar-refractivity contribution in [2.24, 2.45) is 16.1 Å². The predicted molar refractivity (Wildman–Crippen MR) is 85.0 cm³/mol. The van der Waals surface area contributed by atoms with E-state index in [1.54, 1.807) is 0 Å². The predicted octanol–water partition coefficient (Wildman–Crippen LogP) is 1.60. The summed E-state index contributed by atoms with van der Waals surface area (Å²) in [5, 5.41) is 0. The third-order valence-electron chi connectivity index (χ3n) is 3.35. The van der Waals surface area contributed by atoms with E-state index in [9.17, 15) is 0 Å². The molecule has 0 heterocycles. The number of nitrogens with zero attached hydrogens (tertiary/aromatic N) is 3. The number of halogens is 1. The molecule has 0 spiro atoms. The molecule has 1 rings (SSSR count). The molecule has 0 aromatic rings. The number of hydrogen-bond acceptors (Lipinski definition) is 2. The van der Waals surface area contributed by atoms with Gasteiger partial charge in [-0.15, -0.1) is 24.0 Å². The van der Waals surface area contributed by atoms with Crippen molar-refractivity contribution < 1.29 is 0 Å². The molecule has 2 N–H and O–H groups in total. The van der Waals surface area contributed by atoms with E-state index in [1.165, 1.54) is 25.7 Å². The molecule has 0 aromatic carbocycles. The fourth-order valence-electron chi connectivity index (χ4n) is 2.55. The molecule has 0 unspecified atom stereocenters. The normalized spacial score (nSPS) is 19.2. The summed E-state index contributed by atoms with van der Waals surface area (Å²) in [6.45, 7) is 1.99. The molecule has 0 saturated heterocycles. The van der Waals surface area contributed by atoms with Crippen molar-refractivity contribution in [1.29, 1.82) is 0 Å². The Morgan fingerprint density at radius 1 is 1.18 bits per heavy atom. The molecule has 5 heteroatoms. The lowest BCUT2D eigenvalue weighted by Crippen LogP contribution is -2.36. The van der Waals surface area contributed by atoms with Crippen molar-refractivity contribution in [2.75, 3.05) is 41.3 Å². The molecule has 1 fully saturated rings. The number of aliphatic imine (C=N–C) groups is 1. The van der Waals surface area contributed by atoms with E-state index in [0.717, 1.165) is 13.1 Å². The number of hydrogen-bond donors (Lipinski definition) is 1. The molecule has 0 bridgehead atoms. The zero-order valence-corrected chi connectivity index (χ0v) is 13.9. The molecule has 0 radical (unpaired) electrons. The van der Waals surface area contributed by atoms with E-state index < -0.39 is 0 Å². The lowest BCUT2D eigenvalue weighted by atomic mass is 9.86. The molecule has 0 aliphatic heterocycles. The number of rotatable bonds is 4. The van der Waals surface area contributed by atoms with Gasteiger partial charge in [-0.1, -0.05) is 12.8 Å². The van der Waals surface area contributed by atoms with Crippen molar-refractivity contribution in [3.63, 3.8) is 0 Å². The summed E-state index contributed by atoms with van der Waals surface area (Å²) in [4.78, 5) is 8.67. The lowest BCUT2D eigenvalue weighted by molar-refractivity contribution is 0.210. The van der Waals surface area contributed by atoms with Crippen molar-refractivity contribution in [3.8, 4) is 0 Å². The SMILES string of the molecule is CN(C)CC1(CN=C(N)N(C)C)CCCC1.I. The van der Waals surface area contributed by atoms with Gasteiger partial charge < -0.3 is 15.5 Å². The highest BCUT2D eigenvalue weighted by Gasteiger charge is 2.34. The van der Waals surface area contributed by atoms with Crippen molar-refractivity contribution in [1.82, 2.24) is 9.80 Å². The minimum atomic E-state index is 0. The van der Waals surface area contributed by atoms with Crippen LogP contribution in [0.25, 0.3) is 0 Å². The van der Waals surface area contributed by atoms with Gasteiger partial charge in [-0.2, -0.15) is 0 Å². The largest absolute Gasteiger partial charge is 0.370 e. The zero-order chi connectivity index (χ0) is 12.2. The molecule has 1 aliphatic rings. The van der Waals surface area contributed by atoms with E-state index in [2.05, 4.69) is 24.0 Å². The maximum atomic E-state index is 5.85. The van der Waals surface area contributed by atoms with Gasteiger partial charge in [-0.25, -0.2) is 0 Å². The molecule has 1 aliphatic carbocycles. The summed E-state index contributed by atoms with van der Waals surface area (Å²) in [7, 11) is 8.15. The molecule has 1 saturated carbocycles. The maximum absolute atomic E-state index is 5.85. The van der Waals surface area contributed by atoms with Gasteiger partial charge in [-0.05, 0) is 26.9 Å². The molecule has 0 aromatic heterocycles. The third-order valence-corrected chi connectivity index (χ3v) is 3.35. The van der Waals surface area contributed by atoms with E-state index in [4.69, 9.17) is 5.73 Å². The lowest BCUT2D eigenvalue weighted by Gasteiger charge is -2.30. The summed E-state index contributed by atoms with van der Waals surface area (Å²) >= 11 is 0. The van der Waals surface area contributed by atoms with Gasteiger partial charge in [0.2, 0.25) is 0 Å². The van der Waals surface area contributed by atoms with Crippen LogP contribution in [0.2, 0.25) is 0 Å². The van der Waals surface area contributed by atoms with Crippen LogP contribution in [0.3, 0.4) is 0 Å². The van der Waals surface area contributed by atoms with Gasteiger partial charge in [0.25, 0.3) is 0 Å². The van der Waals surface area contributed by atoms with Crippen LogP contribution in [0.15, 0.2) is 4.99 Å². The maximum Gasteiger partial charge on any atom is 0.190 e. The molecule has 0 atom stereocenters. The van der Waals surface area contributed by atoms with Crippen LogP contribution in [0.5, 0.6) is 0 Å². The highest BCUT2D eigenvalue weighted by atomic mass is 127. The van der Waals surface area contributed by atoms with Crippen molar-refractivity contribution in [2.45, 2.75) is 25.7 Å². The Bertz CT molecular complexity index is 245. The van der Waals surface area contributed by atoms with E-state index in [-0.39, 0.29) is 24.0 Å². The van der Waals surface area contributed by atoms with E-state index in [1.807, 2.05) is 19.0 Å². The van der Waals surface area contributed by atoms with Gasteiger partial charge in [0, 0.05) is 32.6 Å². The first-order chi connectivity index (χ1) is 7.45. The average molecular weight is 354 g/mol. The van der Waals surface area contributed by atoms with Crippen LogP contribution in [-0.4, -0.2) is 57.0 Å². The molecule has 0 amide bonds. The second-order valence-electron chi connectivity index (χ2n) is 5.51. The fraction of sp³-hybridized carbons (Fsp3) is 0.917. The summed E-state index contributed by atoms with van der Waals surface area (Å²) < 4.78 is 0. The first-order valence-electron chi connectivity index (χ1n) is 6.07. The first kappa shape index (κ1) is 17.0. The Morgan fingerprint density at radius 2 is 1.71 bits per heavy atom.